The molecule has 0 aromatic carbocycles. The van der Waals surface area contributed by atoms with Crippen molar-refractivity contribution in [3.63, 3.8) is 0 Å². The summed E-state index contributed by atoms with van der Waals surface area (Å²) in [6.07, 6.45) is -0.232. The Morgan fingerprint density at radius 3 is 2.60 bits per heavy atom. The molecule has 0 atom stereocenters. The van der Waals surface area contributed by atoms with Crippen LogP contribution in [0.3, 0.4) is 0 Å². The summed E-state index contributed by atoms with van der Waals surface area (Å²) in [4.78, 5) is 0. The van der Waals surface area contributed by atoms with Crippen LogP contribution in [-0.2, 0) is 16.5 Å². The third-order valence-corrected chi connectivity index (χ3v) is 2.50. The standard InChI is InChI=1S/C10H16N2O3/c1-7-10(8(2)12(3)11-7)15-6-9-13-4-5-14-9/h9H,4-6H2,1-3H3. The Hall–Kier alpha value is -1.07. The second-order valence-electron chi connectivity index (χ2n) is 3.61. The molecule has 0 radical (unpaired) electrons. The summed E-state index contributed by atoms with van der Waals surface area (Å²) in [7, 11) is 1.90. The van der Waals surface area contributed by atoms with Gasteiger partial charge in [-0.2, -0.15) is 5.10 Å². The third kappa shape index (κ3) is 2.13. The largest absolute Gasteiger partial charge is 0.484 e. The first-order valence-corrected chi connectivity index (χ1v) is 5.04. The minimum atomic E-state index is -0.232. The monoisotopic (exact) mass is 212 g/mol. The van der Waals surface area contributed by atoms with Gasteiger partial charge >= 0.3 is 0 Å². The molecule has 0 amide bonds. The van der Waals surface area contributed by atoms with Gasteiger partial charge in [-0.1, -0.05) is 0 Å². The molecule has 1 saturated heterocycles. The molecule has 0 spiro atoms. The van der Waals surface area contributed by atoms with E-state index in [0.29, 0.717) is 19.8 Å². The van der Waals surface area contributed by atoms with E-state index in [2.05, 4.69) is 5.10 Å². The van der Waals surface area contributed by atoms with Crippen LogP contribution >= 0.6 is 0 Å². The summed E-state index contributed by atoms with van der Waals surface area (Å²) in [5, 5.41) is 4.27. The Morgan fingerprint density at radius 1 is 1.40 bits per heavy atom. The Morgan fingerprint density at radius 2 is 2.07 bits per heavy atom. The van der Waals surface area contributed by atoms with E-state index in [4.69, 9.17) is 14.2 Å². The lowest BCUT2D eigenvalue weighted by Crippen LogP contribution is -2.18. The highest BCUT2D eigenvalue weighted by Crippen LogP contribution is 2.22. The molecule has 1 aromatic heterocycles. The highest BCUT2D eigenvalue weighted by Gasteiger charge is 2.18. The lowest BCUT2D eigenvalue weighted by Gasteiger charge is -2.10. The van der Waals surface area contributed by atoms with Crippen LogP contribution in [0.15, 0.2) is 0 Å². The molecule has 0 aliphatic carbocycles. The Bertz CT molecular complexity index is 343. The molecule has 15 heavy (non-hydrogen) atoms. The van der Waals surface area contributed by atoms with Crippen molar-refractivity contribution in [2.75, 3.05) is 19.8 Å². The number of hydrogen-bond acceptors (Lipinski definition) is 4. The molecule has 1 aromatic rings. The first-order valence-electron chi connectivity index (χ1n) is 5.04. The molecule has 0 N–H and O–H groups in total. The molecule has 0 saturated carbocycles. The van der Waals surface area contributed by atoms with Gasteiger partial charge in [0.2, 0.25) is 0 Å². The molecule has 5 heteroatoms. The van der Waals surface area contributed by atoms with Gasteiger partial charge in [0, 0.05) is 7.05 Å². The van der Waals surface area contributed by atoms with E-state index in [1.54, 1.807) is 4.68 Å². The molecule has 0 bridgehead atoms. The van der Waals surface area contributed by atoms with Gasteiger partial charge in [0.15, 0.2) is 12.0 Å². The molecular weight excluding hydrogens is 196 g/mol. The first-order chi connectivity index (χ1) is 7.18. The van der Waals surface area contributed by atoms with Gasteiger partial charge < -0.3 is 14.2 Å². The van der Waals surface area contributed by atoms with Crippen molar-refractivity contribution in [3.05, 3.63) is 11.4 Å². The Kier molecular flexibility index (Phi) is 2.93. The van der Waals surface area contributed by atoms with Gasteiger partial charge in [-0.05, 0) is 13.8 Å². The molecule has 5 nitrogen and oxygen atoms in total. The summed E-state index contributed by atoms with van der Waals surface area (Å²) in [5.41, 5.74) is 1.92. The van der Waals surface area contributed by atoms with Gasteiger partial charge in [0.05, 0.1) is 18.9 Å². The minimum Gasteiger partial charge on any atom is -0.484 e. The number of ether oxygens (including phenoxy) is 3. The predicted molar refractivity (Wildman–Crippen MR) is 53.9 cm³/mol. The van der Waals surface area contributed by atoms with Crippen molar-refractivity contribution in [2.45, 2.75) is 20.1 Å². The highest BCUT2D eigenvalue weighted by atomic mass is 16.7. The fraction of sp³-hybridized carbons (Fsp3) is 0.700. The average molecular weight is 212 g/mol. The number of nitrogens with zero attached hydrogens (tertiary/aromatic N) is 2. The van der Waals surface area contributed by atoms with Crippen molar-refractivity contribution in [1.29, 1.82) is 0 Å². The van der Waals surface area contributed by atoms with Crippen molar-refractivity contribution >= 4 is 0 Å². The van der Waals surface area contributed by atoms with Crippen LogP contribution in [0, 0.1) is 13.8 Å². The molecule has 1 aliphatic rings. The topological polar surface area (TPSA) is 45.5 Å². The fourth-order valence-corrected chi connectivity index (χ4v) is 1.62. The average Bonchev–Trinajstić information content (AvgIpc) is 2.76. The molecule has 2 heterocycles. The summed E-state index contributed by atoms with van der Waals surface area (Å²) >= 11 is 0. The smallest absolute Gasteiger partial charge is 0.191 e. The van der Waals surface area contributed by atoms with Crippen LogP contribution < -0.4 is 4.74 Å². The second-order valence-corrected chi connectivity index (χ2v) is 3.61. The maximum Gasteiger partial charge on any atom is 0.191 e. The number of aromatic nitrogens is 2. The molecule has 0 unspecified atom stereocenters. The van der Waals surface area contributed by atoms with E-state index in [-0.39, 0.29) is 6.29 Å². The van der Waals surface area contributed by atoms with Crippen LogP contribution in [0.5, 0.6) is 5.75 Å². The van der Waals surface area contributed by atoms with E-state index in [0.717, 1.165) is 17.1 Å². The lowest BCUT2D eigenvalue weighted by molar-refractivity contribution is -0.0686. The molecule has 1 aliphatic heterocycles. The summed E-state index contributed by atoms with van der Waals surface area (Å²) in [5.74, 6) is 0.830. The van der Waals surface area contributed by atoms with E-state index in [1.807, 2.05) is 20.9 Å². The van der Waals surface area contributed by atoms with Crippen LogP contribution in [0.2, 0.25) is 0 Å². The van der Waals surface area contributed by atoms with Crippen molar-refractivity contribution in [2.24, 2.45) is 7.05 Å². The van der Waals surface area contributed by atoms with Crippen LogP contribution in [-0.4, -0.2) is 35.9 Å². The SMILES string of the molecule is Cc1nn(C)c(C)c1OCC1OCCO1. The highest BCUT2D eigenvalue weighted by molar-refractivity contribution is 5.31. The molecule has 1 fully saturated rings. The zero-order valence-electron chi connectivity index (χ0n) is 9.32. The van der Waals surface area contributed by atoms with E-state index in [9.17, 15) is 0 Å². The number of hydrogen-bond donors (Lipinski definition) is 0. The predicted octanol–water partition coefficient (Wildman–Crippen LogP) is 0.789. The van der Waals surface area contributed by atoms with Gasteiger partial charge in [-0.25, -0.2) is 0 Å². The normalized spacial score (nSPS) is 17.3. The van der Waals surface area contributed by atoms with Crippen molar-refractivity contribution in [3.8, 4) is 5.75 Å². The summed E-state index contributed by atoms with van der Waals surface area (Å²) < 4.78 is 18.0. The zero-order valence-corrected chi connectivity index (χ0v) is 9.32. The minimum absolute atomic E-state index is 0.232. The number of aryl methyl sites for hydroxylation is 2. The molecule has 2 rings (SSSR count). The fourth-order valence-electron chi connectivity index (χ4n) is 1.62. The van der Waals surface area contributed by atoms with E-state index >= 15 is 0 Å². The first kappa shape index (κ1) is 10.4. The zero-order chi connectivity index (χ0) is 10.8. The number of rotatable bonds is 3. The maximum atomic E-state index is 5.64. The van der Waals surface area contributed by atoms with Gasteiger partial charge in [-0.15, -0.1) is 0 Å². The second kappa shape index (κ2) is 4.20. The van der Waals surface area contributed by atoms with Crippen LogP contribution in [0.1, 0.15) is 11.4 Å². The Labute approximate surface area is 88.9 Å². The van der Waals surface area contributed by atoms with E-state index < -0.39 is 0 Å². The quantitative estimate of drug-likeness (QED) is 0.743. The lowest BCUT2D eigenvalue weighted by atomic mass is 10.3. The van der Waals surface area contributed by atoms with Gasteiger partial charge in [0.25, 0.3) is 0 Å². The molecule has 84 valence electrons. The summed E-state index contributed by atoms with van der Waals surface area (Å²) in [6.45, 7) is 5.63. The maximum absolute atomic E-state index is 5.64. The third-order valence-electron chi connectivity index (χ3n) is 2.50. The van der Waals surface area contributed by atoms with Crippen molar-refractivity contribution < 1.29 is 14.2 Å². The van der Waals surface area contributed by atoms with Crippen molar-refractivity contribution in [1.82, 2.24) is 9.78 Å². The van der Waals surface area contributed by atoms with Crippen LogP contribution in [0.4, 0.5) is 0 Å². The van der Waals surface area contributed by atoms with Gasteiger partial charge in [0.1, 0.15) is 12.3 Å². The van der Waals surface area contributed by atoms with Gasteiger partial charge in [-0.3, -0.25) is 4.68 Å². The van der Waals surface area contributed by atoms with Crippen LogP contribution in [0.25, 0.3) is 0 Å². The van der Waals surface area contributed by atoms with E-state index in [1.165, 1.54) is 0 Å². The molecular formula is C10H16N2O3. The Balaban J connectivity index is 1.97. The summed E-state index contributed by atoms with van der Waals surface area (Å²) in [6, 6.07) is 0.